The topological polar surface area (TPSA) is 20.2 Å². The minimum atomic E-state index is 0.275. The van der Waals surface area contributed by atoms with Gasteiger partial charge >= 0.3 is 0 Å². The third kappa shape index (κ3) is 17.4. The van der Waals surface area contributed by atoms with Gasteiger partial charge in [-0.3, -0.25) is 0 Å². The monoisotopic (exact) mass is 266 g/mol. The molecule has 1 nitrogen and oxygen atoms in total. The molecule has 1 heteroatoms. The Bertz CT molecular complexity index is 206. The van der Waals surface area contributed by atoms with E-state index in [0.717, 1.165) is 12.8 Å². The van der Waals surface area contributed by atoms with Crippen LogP contribution in [0.3, 0.4) is 0 Å². The minimum Gasteiger partial charge on any atom is -0.396 e. The molecule has 0 aromatic heterocycles. The highest BCUT2D eigenvalue weighted by molar-refractivity contribution is 4.83. The van der Waals surface area contributed by atoms with E-state index < -0.39 is 0 Å². The lowest BCUT2D eigenvalue weighted by Gasteiger charge is -1.97. The molecule has 0 atom stereocenters. The fraction of sp³-hybridized carbons (Fsp3) is 0.778. The largest absolute Gasteiger partial charge is 0.396 e. The summed E-state index contributed by atoms with van der Waals surface area (Å²) >= 11 is 0. The molecule has 0 saturated carbocycles. The molecule has 0 amide bonds. The van der Waals surface area contributed by atoms with Crippen molar-refractivity contribution in [2.24, 2.45) is 0 Å². The van der Waals surface area contributed by atoms with E-state index in [2.05, 4.69) is 31.2 Å². The Morgan fingerprint density at radius 2 is 1.00 bits per heavy atom. The summed E-state index contributed by atoms with van der Waals surface area (Å²) in [5.74, 6) is 0. The number of unbranched alkanes of at least 4 members (excludes halogenated alkanes) is 9. The molecule has 19 heavy (non-hydrogen) atoms. The van der Waals surface area contributed by atoms with Crippen molar-refractivity contribution in [2.75, 3.05) is 6.61 Å². The summed E-state index contributed by atoms with van der Waals surface area (Å²) in [6.45, 7) is 2.54. The van der Waals surface area contributed by atoms with Crippen LogP contribution >= 0.6 is 0 Å². The van der Waals surface area contributed by atoms with Gasteiger partial charge in [-0.05, 0) is 44.9 Å². The molecule has 0 spiro atoms. The van der Waals surface area contributed by atoms with Crippen LogP contribution in [0.2, 0.25) is 0 Å². The first kappa shape index (κ1) is 18.4. The predicted octanol–water partition coefficient (Wildman–Crippen LogP) is 5.79. The summed E-state index contributed by atoms with van der Waals surface area (Å²) in [4.78, 5) is 0. The van der Waals surface area contributed by atoms with E-state index in [1.165, 1.54) is 64.2 Å². The van der Waals surface area contributed by atoms with E-state index in [1.54, 1.807) is 0 Å². The lowest BCUT2D eigenvalue weighted by Crippen LogP contribution is -1.78. The maximum absolute atomic E-state index is 8.61. The second-order valence-electron chi connectivity index (χ2n) is 5.30. The van der Waals surface area contributed by atoms with Crippen molar-refractivity contribution in [3.8, 4) is 0 Å². The number of rotatable bonds is 14. The Hall–Kier alpha value is -0.560. The molecule has 0 aromatic carbocycles. The fourth-order valence-corrected chi connectivity index (χ4v) is 2.11. The molecule has 0 saturated heterocycles. The van der Waals surface area contributed by atoms with Gasteiger partial charge in [0.25, 0.3) is 0 Å². The fourth-order valence-electron chi connectivity index (χ4n) is 2.11. The van der Waals surface area contributed by atoms with Crippen LogP contribution < -0.4 is 0 Å². The third-order valence-corrected chi connectivity index (χ3v) is 3.35. The first-order chi connectivity index (χ1) is 9.41. The average Bonchev–Trinajstić information content (AvgIpc) is 2.43. The molecule has 1 N–H and O–H groups in total. The van der Waals surface area contributed by atoms with E-state index in [1.807, 2.05) is 0 Å². The molecule has 0 radical (unpaired) electrons. The normalized spacial score (nSPS) is 11.9. The summed E-state index contributed by atoms with van der Waals surface area (Å²) in [6.07, 6.45) is 24.3. The van der Waals surface area contributed by atoms with Crippen molar-refractivity contribution in [1.29, 1.82) is 0 Å². The van der Waals surface area contributed by atoms with Crippen LogP contribution in [0.5, 0.6) is 0 Å². The van der Waals surface area contributed by atoms with Gasteiger partial charge in [-0.15, -0.1) is 0 Å². The van der Waals surface area contributed by atoms with Crippen LogP contribution in [0.15, 0.2) is 24.3 Å². The highest BCUT2D eigenvalue weighted by atomic mass is 16.2. The summed E-state index contributed by atoms with van der Waals surface area (Å²) in [7, 11) is 0. The van der Waals surface area contributed by atoms with Crippen molar-refractivity contribution in [1.82, 2.24) is 0 Å². The smallest absolute Gasteiger partial charge is 0.0465 e. The van der Waals surface area contributed by atoms with E-state index in [0.29, 0.717) is 0 Å². The molecule has 0 fully saturated rings. The highest BCUT2D eigenvalue weighted by Crippen LogP contribution is 2.08. The lowest BCUT2D eigenvalue weighted by molar-refractivity contribution is 0.302. The summed E-state index contributed by atoms with van der Waals surface area (Å²) in [5.41, 5.74) is 0. The molecular formula is C18H34O. The molecule has 0 aromatic rings. The average molecular weight is 266 g/mol. The standard InChI is InChI=1S/C18H34O/c1-2-3-4-5-6-7-8-9-10-11-12-13-14-15-16-17-18-19/h9-10,15-16,19H,2-8,11-14,17-18H2,1H3/b10-9+,16-15+. The Balaban J connectivity index is 3.09. The van der Waals surface area contributed by atoms with Gasteiger partial charge in [-0.25, -0.2) is 0 Å². The number of hydrogen-bond acceptors (Lipinski definition) is 1. The zero-order valence-corrected chi connectivity index (χ0v) is 12.9. The molecule has 0 aliphatic heterocycles. The summed E-state index contributed by atoms with van der Waals surface area (Å²) in [5, 5.41) is 8.61. The van der Waals surface area contributed by atoms with E-state index in [4.69, 9.17) is 5.11 Å². The van der Waals surface area contributed by atoms with Gasteiger partial charge in [0.1, 0.15) is 0 Å². The Kier molecular flexibility index (Phi) is 16.9. The molecular weight excluding hydrogens is 232 g/mol. The predicted molar refractivity (Wildman–Crippen MR) is 86.4 cm³/mol. The van der Waals surface area contributed by atoms with Crippen LogP contribution in [0.25, 0.3) is 0 Å². The minimum absolute atomic E-state index is 0.275. The van der Waals surface area contributed by atoms with Crippen LogP contribution in [0.1, 0.15) is 84.0 Å². The Morgan fingerprint density at radius 1 is 0.579 bits per heavy atom. The van der Waals surface area contributed by atoms with Gasteiger partial charge in [0, 0.05) is 6.61 Å². The van der Waals surface area contributed by atoms with Crippen molar-refractivity contribution >= 4 is 0 Å². The van der Waals surface area contributed by atoms with Gasteiger partial charge in [0.05, 0.1) is 0 Å². The number of allylic oxidation sites excluding steroid dienone is 3. The van der Waals surface area contributed by atoms with Gasteiger partial charge < -0.3 is 5.11 Å². The summed E-state index contributed by atoms with van der Waals surface area (Å²) < 4.78 is 0. The van der Waals surface area contributed by atoms with Gasteiger partial charge in [-0.1, -0.05) is 63.3 Å². The maximum Gasteiger partial charge on any atom is 0.0465 e. The molecule has 0 unspecified atom stereocenters. The highest BCUT2D eigenvalue weighted by Gasteiger charge is 1.88. The zero-order chi connectivity index (χ0) is 14.0. The van der Waals surface area contributed by atoms with Crippen LogP contribution in [-0.2, 0) is 0 Å². The quantitative estimate of drug-likeness (QED) is 0.311. The van der Waals surface area contributed by atoms with E-state index >= 15 is 0 Å². The van der Waals surface area contributed by atoms with E-state index in [-0.39, 0.29) is 6.61 Å². The maximum atomic E-state index is 8.61. The van der Waals surface area contributed by atoms with Crippen LogP contribution in [0, 0.1) is 0 Å². The molecule has 0 rings (SSSR count). The SMILES string of the molecule is CCCCCCCC/C=C/CCCC/C=C/CCO. The van der Waals surface area contributed by atoms with Crippen molar-refractivity contribution in [3.63, 3.8) is 0 Å². The van der Waals surface area contributed by atoms with Crippen molar-refractivity contribution < 1.29 is 5.11 Å². The van der Waals surface area contributed by atoms with Crippen LogP contribution in [-0.4, -0.2) is 11.7 Å². The second-order valence-corrected chi connectivity index (χ2v) is 5.30. The molecule has 0 aliphatic rings. The molecule has 0 aliphatic carbocycles. The first-order valence-electron chi connectivity index (χ1n) is 8.32. The Morgan fingerprint density at radius 3 is 1.53 bits per heavy atom. The Labute approximate surface area is 120 Å². The number of aliphatic hydroxyl groups excluding tert-OH is 1. The zero-order valence-electron chi connectivity index (χ0n) is 12.9. The van der Waals surface area contributed by atoms with Crippen LogP contribution in [0.4, 0.5) is 0 Å². The molecule has 0 heterocycles. The second kappa shape index (κ2) is 17.4. The first-order valence-corrected chi connectivity index (χ1v) is 8.32. The van der Waals surface area contributed by atoms with Crippen molar-refractivity contribution in [2.45, 2.75) is 84.0 Å². The third-order valence-electron chi connectivity index (χ3n) is 3.35. The molecule has 0 bridgehead atoms. The molecule has 112 valence electrons. The van der Waals surface area contributed by atoms with Crippen molar-refractivity contribution in [3.05, 3.63) is 24.3 Å². The van der Waals surface area contributed by atoms with E-state index in [9.17, 15) is 0 Å². The lowest BCUT2D eigenvalue weighted by atomic mass is 10.1. The number of aliphatic hydroxyl groups is 1. The summed E-state index contributed by atoms with van der Waals surface area (Å²) in [6, 6.07) is 0. The van der Waals surface area contributed by atoms with Gasteiger partial charge in [-0.2, -0.15) is 0 Å². The van der Waals surface area contributed by atoms with Gasteiger partial charge in [0.15, 0.2) is 0 Å². The van der Waals surface area contributed by atoms with Gasteiger partial charge in [0.2, 0.25) is 0 Å². The number of hydrogen-bond donors (Lipinski definition) is 1.